The first-order valence-electron chi connectivity index (χ1n) is 8.28. The fourth-order valence-electron chi connectivity index (χ4n) is 1.79. The molecule has 0 saturated carbocycles. The SMILES string of the molecule is C[C@H](N)C(=O)N[C@@H](CS)C(=O)N[C@H](C(=O)NCC(=O)N[C@H]([C]=O)CS)[C@@H](C)O. The number of nitrogens with two attached hydrogens (primary N) is 1. The Balaban J connectivity index is 4.85. The highest BCUT2D eigenvalue weighted by atomic mass is 32.1. The van der Waals surface area contributed by atoms with Crippen molar-refractivity contribution >= 4 is 55.2 Å². The molecule has 0 fully saturated rings. The van der Waals surface area contributed by atoms with Gasteiger partial charge in [0.05, 0.1) is 18.7 Å². The number of nitrogens with one attached hydrogen (secondary N) is 4. The van der Waals surface area contributed by atoms with Crippen LogP contribution >= 0.6 is 25.3 Å². The van der Waals surface area contributed by atoms with Crippen LogP contribution in [0.3, 0.4) is 0 Å². The molecule has 0 bridgehead atoms. The van der Waals surface area contributed by atoms with Crippen molar-refractivity contribution in [1.29, 1.82) is 0 Å². The lowest BCUT2D eigenvalue weighted by molar-refractivity contribution is -0.134. The smallest absolute Gasteiger partial charge is 0.245 e. The number of hydrogen-bond acceptors (Lipinski definition) is 9. The summed E-state index contributed by atoms with van der Waals surface area (Å²) in [6.45, 7) is 2.20. The zero-order valence-corrected chi connectivity index (χ0v) is 17.3. The predicted octanol–water partition coefficient (Wildman–Crippen LogP) is -3.75. The van der Waals surface area contributed by atoms with Gasteiger partial charge in [0.1, 0.15) is 18.1 Å². The van der Waals surface area contributed by atoms with Crippen LogP contribution in [0.1, 0.15) is 13.8 Å². The van der Waals surface area contributed by atoms with Gasteiger partial charge in [0.2, 0.25) is 29.9 Å². The standard InChI is InChI=1S/C15H26N5O6S2/c1-7(16)13(24)19-10(6-28)14(25)20-12(8(2)22)15(26)17-3-11(23)18-9(4-21)5-27/h7-10,12,22,27-28H,3,5-6,16H2,1-2H3,(H,17,26)(H,18,23)(H,19,24)(H,20,25)/t7-,8+,9+,10-,12-/m0/s1. The largest absolute Gasteiger partial charge is 0.391 e. The number of rotatable bonds is 12. The summed E-state index contributed by atoms with van der Waals surface area (Å²) in [5.74, 6) is -2.91. The van der Waals surface area contributed by atoms with Crippen LogP contribution in [-0.4, -0.2) is 83.3 Å². The lowest BCUT2D eigenvalue weighted by Crippen LogP contribution is -2.59. The molecular formula is C15H26N5O6S2. The number of amides is 4. The monoisotopic (exact) mass is 436 g/mol. The van der Waals surface area contributed by atoms with E-state index in [1.807, 2.05) is 0 Å². The lowest BCUT2D eigenvalue weighted by Gasteiger charge is -2.24. The van der Waals surface area contributed by atoms with Crippen molar-refractivity contribution in [2.45, 2.75) is 44.1 Å². The maximum atomic E-state index is 12.3. The molecule has 0 aromatic heterocycles. The summed E-state index contributed by atoms with van der Waals surface area (Å²) in [6.07, 6.45) is 0.260. The van der Waals surface area contributed by atoms with E-state index in [9.17, 15) is 29.1 Å². The van der Waals surface area contributed by atoms with Crippen molar-refractivity contribution in [3.63, 3.8) is 0 Å². The fourth-order valence-corrected chi connectivity index (χ4v) is 2.21. The van der Waals surface area contributed by atoms with Gasteiger partial charge in [0, 0.05) is 11.5 Å². The summed E-state index contributed by atoms with van der Waals surface area (Å²) >= 11 is 7.82. The van der Waals surface area contributed by atoms with Crippen molar-refractivity contribution < 1.29 is 29.1 Å². The third-order valence-electron chi connectivity index (χ3n) is 3.37. The summed E-state index contributed by atoms with van der Waals surface area (Å²) < 4.78 is 0. The third-order valence-corrected chi connectivity index (χ3v) is 4.11. The van der Waals surface area contributed by atoms with Gasteiger partial charge in [-0.25, -0.2) is 0 Å². The Morgan fingerprint density at radius 2 is 1.61 bits per heavy atom. The highest BCUT2D eigenvalue weighted by Crippen LogP contribution is 1.97. The molecule has 1 radical (unpaired) electrons. The minimum atomic E-state index is -1.40. The van der Waals surface area contributed by atoms with Crippen molar-refractivity contribution in [2.75, 3.05) is 18.1 Å². The minimum Gasteiger partial charge on any atom is -0.391 e. The van der Waals surface area contributed by atoms with Crippen molar-refractivity contribution in [3.05, 3.63) is 0 Å². The van der Waals surface area contributed by atoms with Crippen LogP contribution in [0.15, 0.2) is 0 Å². The Kier molecular flexibility index (Phi) is 12.5. The predicted molar refractivity (Wildman–Crippen MR) is 108 cm³/mol. The topological polar surface area (TPSA) is 180 Å². The summed E-state index contributed by atoms with van der Waals surface area (Å²) in [6, 6.07) is -4.26. The fraction of sp³-hybridized carbons (Fsp3) is 0.667. The quantitative estimate of drug-likeness (QED) is 0.145. The first-order chi connectivity index (χ1) is 13.1. The first kappa shape index (κ1) is 26.2. The van der Waals surface area contributed by atoms with Crippen LogP contribution in [0.25, 0.3) is 0 Å². The van der Waals surface area contributed by atoms with Gasteiger partial charge in [0.15, 0.2) is 0 Å². The van der Waals surface area contributed by atoms with Gasteiger partial charge in [-0.15, -0.1) is 0 Å². The Labute approximate surface area is 173 Å². The molecule has 0 spiro atoms. The second-order valence-corrected chi connectivity index (χ2v) is 6.63. The second kappa shape index (κ2) is 13.4. The summed E-state index contributed by atoms with van der Waals surface area (Å²) in [7, 11) is 0. The summed E-state index contributed by atoms with van der Waals surface area (Å²) in [5, 5.41) is 18.9. The average molecular weight is 437 g/mol. The molecule has 0 aromatic carbocycles. The molecule has 0 heterocycles. The average Bonchev–Trinajstić information content (AvgIpc) is 2.65. The van der Waals surface area contributed by atoms with Crippen molar-refractivity contribution in [1.82, 2.24) is 21.3 Å². The van der Waals surface area contributed by atoms with Gasteiger partial charge >= 0.3 is 0 Å². The maximum Gasteiger partial charge on any atom is 0.245 e. The molecule has 0 aliphatic heterocycles. The Bertz CT molecular complexity index is 575. The van der Waals surface area contributed by atoms with Crippen LogP contribution in [0.5, 0.6) is 0 Å². The molecule has 7 N–H and O–H groups in total. The highest BCUT2D eigenvalue weighted by Gasteiger charge is 2.29. The Morgan fingerprint density at radius 3 is 2.04 bits per heavy atom. The second-order valence-electron chi connectivity index (χ2n) is 5.90. The van der Waals surface area contributed by atoms with Crippen LogP contribution < -0.4 is 27.0 Å². The van der Waals surface area contributed by atoms with Gasteiger partial charge in [-0.2, -0.15) is 25.3 Å². The molecule has 11 nitrogen and oxygen atoms in total. The van der Waals surface area contributed by atoms with Crippen LogP contribution in [-0.2, 0) is 24.0 Å². The molecule has 0 rings (SSSR count). The summed E-state index contributed by atoms with van der Waals surface area (Å²) in [4.78, 5) is 58.3. The number of aliphatic hydroxyl groups is 1. The number of carbonyl (C=O) groups is 4. The van der Waals surface area contributed by atoms with E-state index in [1.165, 1.54) is 13.8 Å². The van der Waals surface area contributed by atoms with E-state index in [-0.39, 0.29) is 11.5 Å². The first-order valence-corrected chi connectivity index (χ1v) is 9.54. The van der Waals surface area contributed by atoms with Gasteiger partial charge in [-0.05, 0) is 13.8 Å². The zero-order valence-electron chi connectivity index (χ0n) is 15.5. The minimum absolute atomic E-state index is 0.0355. The van der Waals surface area contributed by atoms with E-state index in [0.29, 0.717) is 0 Å². The van der Waals surface area contributed by atoms with E-state index in [2.05, 4.69) is 46.5 Å². The van der Waals surface area contributed by atoms with Gasteiger partial charge < -0.3 is 32.1 Å². The van der Waals surface area contributed by atoms with E-state index >= 15 is 0 Å². The van der Waals surface area contributed by atoms with E-state index in [4.69, 9.17) is 5.73 Å². The summed E-state index contributed by atoms with van der Waals surface area (Å²) in [5.41, 5.74) is 5.42. The number of thiol groups is 2. The molecular weight excluding hydrogens is 410 g/mol. The van der Waals surface area contributed by atoms with E-state index in [1.54, 1.807) is 6.29 Å². The highest BCUT2D eigenvalue weighted by molar-refractivity contribution is 7.80. The van der Waals surface area contributed by atoms with E-state index in [0.717, 1.165) is 0 Å². The van der Waals surface area contributed by atoms with Crippen molar-refractivity contribution in [2.24, 2.45) is 5.73 Å². The number of hydrogen-bond donors (Lipinski definition) is 8. The molecule has 0 unspecified atom stereocenters. The Hall–Kier alpha value is -1.83. The van der Waals surface area contributed by atoms with Crippen LogP contribution in [0, 0.1) is 0 Å². The molecule has 28 heavy (non-hydrogen) atoms. The van der Waals surface area contributed by atoms with Gasteiger partial charge in [-0.1, -0.05) is 0 Å². The lowest BCUT2D eigenvalue weighted by atomic mass is 10.1. The molecule has 0 aliphatic carbocycles. The van der Waals surface area contributed by atoms with Gasteiger partial charge in [-0.3, -0.25) is 24.0 Å². The Morgan fingerprint density at radius 1 is 1.00 bits per heavy atom. The van der Waals surface area contributed by atoms with E-state index < -0.39 is 60.4 Å². The number of carbonyl (C=O) groups excluding carboxylic acids is 5. The molecule has 13 heteroatoms. The molecule has 5 atom stereocenters. The zero-order chi connectivity index (χ0) is 21.9. The van der Waals surface area contributed by atoms with Crippen LogP contribution in [0.2, 0.25) is 0 Å². The molecule has 4 amide bonds. The number of aliphatic hydroxyl groups excluding tert-OH is 1. The molecule has 159 valence electrons. The molecule has 0 aromatic rings. The van der Waals surface area contributed by atoms with Crippen LogP contribution in [0.4, 0.5) is 0 Å². The normalized spacial score (nSPS) is 15.9. The molecule has 0 saturated heterocycles. The third kappa shape index (κ3) is 9.39. The maximum absolute atomic E-state index is 12.3. The van der Waals surface area contributed by atoms with Crippen molar-refractivity contribution in [3.8, 4) is 0 Å². The molecule has 0 aliphatic rings. The van der Waals surface area contributed by atoms with Gasteiger partial charge in [0.25, 0.3) is 0 Å².